The molecule has 0 spiro atoms. The van der Waals surface area contributed by atoms with Gasteiger partial charge in [0.1, 0.15) is 6.07 Å². The Morgan fingerprint density at radius 3 is 3.12 bits per heavy atom. The molecule has 0 unspecified atom stereocenters. The lowest BCUT2D eigenvalue weighted by Gasteiger charge is -2.07. The Bertz CT molecular complexity index is 515. The number of nitrogen functional groups attached to an aromatic ring is 1. The maximum Gasteiger partial charge on any atom is 0.150 e. The second-order valence-corrected chi connectivity index (χ2v) is 4.02. The fourth-order valence-electron chi connectivity index (χ4n) is 1.21. The fourth-order valence-corrected chi connectivity index (χ4v) is 1.75. The number of nitrogens with two attached hydrogens (primary N) is 1. The minimum atomic E-state index is 0.384. The van der Waals surface area contributed by atoms with Crippen LogP contribution in [0, 0.1) is 11.3 Å². The molecule has 2 rings (SSSR count). The number of nitrogens with one attached hydrogen (secondary N) is 1. The Balaban J connectivity index is 2.13. The molecule has 0 radical (unpaired) electrons. The summed E-state index contributed by atoms with van der Waals surface area (Å²) in [4.78, 5) is 9.14. The molecule has 2 heterocycles. The Kier molecular flexibility index (Phi) is 2.98. The summed E-state index contributed by atoms with van der Waals surface area (Å²) in [5.74, 6) is 0.535. The summed E-state index contributed by atoms with van der Waals surface area (Å²) in [6.45, 7) is 0.608. The number of hydrogen-bond acceptors (Lipinski definition) is 6. The lowest BCUT2D eigenvalue weighted by atomic mass is 10.2. The number of hydrogen-bond donors (Lipinski definition) is 2. The van der Waals surface area contributed by atoms with Gasteiger partial charge in [-0.2, -0.15) is 5.26 Å². The smallest absolute Gasteiger partial charge is 0.150 e. The summed E-state index contributed by atoms with van der Waals surface area (Å²) in [6.07, 6.45) is 3.34. The monoisotopic (exact) mass is 231 g/mol. The van der Waals surface area contributed by atoms with E-state index in [2.05, 4.69) is 15.3 Å². The normalized spacial score (nSPS) is 9.69. The lowest BCUT2D eigenvalue weighted by molar-refractivity contribution is 1.13. The van der Waals surface area contributed by atoms with Gasteiger partial charge < -0.3 is 11.1 Å². The van der Waals surface area contributed by atoms with E-state index in [4.69, 9.17) is 11.0 Å². The molecule has 0 aliphatic heterocycles. The van der Waals surface area contributed by atoms with Gasteiger partial charge in [-0.3, -0.25) is 4.98 Å². The van der Waals surface area contributed by atoms with Gasteiger partial charge in [0.25, 0.3) is 0 Å². The third-order valence-electron chi connectivity index (χ3n) is 2.02. The largest absolute Gasteiger partial charge is 0.395 e. The Hall–Kier alpha value is -2.13. The number of rotatable bonds is 3. The van der Waals surface area contributed by atoms with Crippen molar-refractivity contribution in [2.24, 2.45) is 0 Å². The third kappa shape index (κ3) is 2.10. The van der Waals surface area contributed by atoms with Crippen LogP contribution < -0.4 is 11.1 Å². The van der Waals surface area contributed by atoms with Crippen LogP contribution in [0.15, 0.2) is 24.0 Å². The predicted octanol–water partition coefficient (Wildman–Crippen LogP) is 1.60. The second kappa shape index (κ2) is 4.59. The van der Waals surface area contributed by atoms with E-state index >= 15 is 0 Å². The van der Waals surface area contributed by atoms with Gasteiger partial charge in [0.15, 0.2) is 5.82 Å². The van der Waals surface area contributed by atoms with Gasteiger partial charge >= 0.3 is 0 Å². The summed E-state index contributed by atoms with van der Waals surface area (Å²) < 4.78 is 0. The van der Waals surface area contributed by atoms with Crippen molar-refractivity contribution < 1.29 is 0 Å². The fraction of sp³-hybridized carbons (Fsp3) is 0.100. The minimum Gasteiger partial charge on any atom is -0.395 e. The van der Waals surface area contributed by atoms with Gasteiger partial charge in [-0.25, -0.2) is 4.98 Å². The number of thiazole rings is 1. The van der Waals surface area contributed by atoms with Crippen LogP contribution in [0.5, 0.6) is 0 Å². The molecule has 0 atom stereocenters. The van der Waals surface area contributed by atoms with E-state index in [1.54, 1.807) is 35.3 Å². The SMILES string of the molecule is N#Cc1ccnc(NCc2cncs2)c1N. The van der Waals surface area contributed by atoms with Gasteiger partial charge in [0, 0.05) is 17.3 Å². The van der Waals surface area contributed by atoms with Crippen molar-refractivity contribution in [2.45, 2.75) is 6.54 Å². The van der Waals surface area contributed by atoms with Crippen LogP contribution in [0.1, 0.15) is 10.4 Å². The van der Waals surface area contributed by atoms with Crippen LogP contribution in [0.4, 0.5) is 11.5 Å². The summed E-state index contributed by atoms with van der Waals surface area (Å²) in [5, 5.41) is 11.9. The summed E-state index contributed by atoms with van der Waals surface area (Å²) >= 11 is 1.55. The minimum absolute atomic E-state index is 0.384. The Morgan fingerprint density at radius 1 is 1.56 bits per heavy atom. The average Bonchev–Trinajstić information content (AvgIpc) is 2.81. The van der Waals surface area contributed by atoms with Gasteiger partial charge in [0.05, 0.1) is 23.3 Å². The summed E-state index contributed by atoms with van der Waals surface area (Å²) in [5.41, 5.74) is 8.35. The number of aromatic nitrogens is 2. The molecule has 6 heteroatoms. The molecule has 0 aliphatic carbocycles. The molecule has 0 aliphatic rings. The van der Waals surface area contributed by atoms with E-state index in [1.165, 1.54) is 0 Å². The van der Waals surface area contributed by atoms with Crippen molar-refractivity contribution in [1.29, 1.82) is 5.26 Å². The zero-order valence-corrected chi connectivity index (χ0v) is 9.16. The van der Waals surface area contributed by atoms with E-state index in [0.29, 0.717) is 23.6 Å². The molecule has 2 aromatic rings. The highest BCUT2D eigenvalue weighted by atomic mass is 32.1. The number of anilines is 2. The molecular formula is C10H9N5S. The van der Waals surface area contributed by atoms with Crippen molar-refractivity contribution in [3.05, 3.63) is 34.4 Å². The zero-order chi connectivity index (χ0) is 11.4. The van der Waals surface area contributed by atoms with Crippen LogP contribution in [0.2, 0.25) is 0 Å². The number of nitrogens with zero attached hydrogens (tertiary/aromatic N) is 3. The van der Waals surface area contributed by atoms with E-state index in [9.17, 15) is 0 Å². The third-order valence-corrected chi connectivity index (χ3v) is 2.80. The maximum atomic E-state index is 8.80. The first-order chi connectivity index (χ1) is 7.81. The molecule has 0 saturated heterocycles. The Labute approximate surface area is 96.6 Å². The molecule has 0 fully saturated rings. The van der Waals surface area contributed by atoms with Gasteiger partial charge in [-0.05, 0) is 6.07 Å². The average molecular weight is 231 g/mol. The molecule has 3 N–H and O–H groups in total. The quantitative estimate of drug-likeness (QED) is 0.837. The molecular weight excluding hydrogens is 222 g/mol. The molecule has 0 amide bonds. The first-order valence-corrected chi connectivity index (χ1v) is 5.45. The van der Waals surface area contributed by atoms with E-state index < -0.39 is 0 Å². The van der Waals surface area contributed by atoms with Crippen LogP contribution in [0.25, 0.3) is 0 Å². The highest BCUT2D eigenvalue weighted by Crippen LogP contribution is 2.20. The van der Waals surface area contributed by atoms with E-state index in [-0.39, 0.29) is 0 Å². The van der Waals surface area contributed by atoms with Crippen LogP contribution in [-0.2, 0) is 6.54 Å². The lowest BCUT2D eigenvalue weighted by Crippen LogP contribution is -2.04. The van der Waals surface area contributed by atoms with Crippen LogP contribution in [0.3, 0.4) is 0 Å². The van der Waals surface area contributed by atoms with Crippen molar-refractivity contribution in [2.75, 3.05) is 11.1 Å². The van der Waals surface area contributed by atoms with Gasteiger partial charge in [-0.15, -0.1) is 11.3 Å². The van der Waals surface area contributed by atoms with E-state index in [0.717, 1.165) is 4.88 Å². The molecule has 0 aromatic carbocycles. The van der Waals surface area contributed by atoms with Gasteiger partial charge in [0.2, 0.25) is 0 Å². The van der Waals surface area contributed by atoms with Crippen molar-refractivity contribution in [3.63, 3.8) is 0 Å². The van der Waals surface area contributed by atoms with E-state index in [1.807, 2.05) is 6.07 Å². The standard InChI is InChI=1S/C10H9N5S/c11-3-7-1-2-14-10(9(7)12)15-5-8-4-13-6-16-8/h1-2,4,6H,5,12H2,(H,14,15). The highest BCUT2D eigenvalue weighted by molar-refractivity contribution is 7.09. The summed E-state index contributed by atoms with van der Waals surface area (Å²) in [7, 11) is 0. The Morgan fingerprint density at radius 2 is 2.44 bits per heavy atom. The van der Waals surface area contributed by atoms with Gasteiger partial charge in [-0.1, -0.05) is 0 Å². The first kappa shape index (κ1) is 10.4. The topological polar surface area (TPSA) is 87.6 Å². The van der Waals surface area contributed by atoms with Crippen molar-refractivity contribution >= 4 is 22.8 Å². The second-order valence-electron chi connectivity index (χ2n) is 3.05. The van der Waals surface area contributed by atoms with Crippen molar-refractivity contribution in [1.82, 2.24) is 9.97 Å². The molecule has 5 nitrogen and oxygen atoms in total. The molecule has 0 saturated carbocycles. The zero-order valence-electron chi connectivity index (χ0n) is 8.34. The molecule has 16 heavy (non-hydrogen) atoms. The van der Waals surface area contributed by atoms with Crippen LogP contribution in [-0.4, -0.2) is 9.97 Å². The molecule has 2 aromatic heterocycles. The maximum absolute atomic E-state index is 8.80. The predicted molar refractivity (Wildman–Crippen MR) is 62.8 cm³/mol. The first-order valence-electron chi connectivity index (χ1n) is 4.57. The number of nitriles is 1. The number of pyridine rings is 1. The van der Waals surface area contributed by atoms with Crippen LogP contribution >= 0.6 is 11.3 Å². The molecule has 0 bridgehead atoms. The summed E-state index contributed by atoms with van der Waals surface area (Å²) in [6, 6.07) is 3.60. The highest BCUT2D eigenvalue weighted by Gasteiger charge is 2.05. The molecule has 80 valence electrons. The van der Waals surface area contributed by atoms with Crippen molar-refractivity contribution in [3.8, 4) is 6.07 Å².